The first-order valence-electron chi connectivity index (χ1n) is 9.16. The van der Waals surface area contributed by atoms with Gasteiger partial charge in [0, 0.05) is 18.5 Å². The number of amides is 1. The number of aryl methyl sites for hydroxylation is 1. The van der Waals surface area contributed by atoms with E-state index in [9.17, 15) is 4.79 Å². The third kappa shape index (κ3) is 3.02. The lowest BCUT2D eigenvalue weighted by Gasteiger charge is -2.21. The monoisotopic (exact) mass is 394 g/mol. The largest absolute Gasteiger partial charge is 0.376 e. The minimum atomic E-state index is -0.292. The highest BCUT2D eigenvalue weighted by Crippen LogP contribution is 2.30. The van der Waals surface area contributed by atoms with Crippen molar-refractivity contribution in [3.05, 3.63) is 48.0 Å². The van der Waals surface area contributed by atoms with Gasteiger partial charge in [-0.05, 0) is 38.0 Å². The van der Waals surface area contributed by atoms with Crippen LogP contribution in [-0.4, -0.2) is 49.7 Å². The predicted molar refractivity (Wildman–Crippen MR) is 106 cm³/mol. The van der Waals surface area contributed by atoms with Crippen LogP contribution < -0.4 is 4.90 Å². The van der Waals surface area contributed by atoms with Crippen molar-refractivity contribution in [2.45, 2.75) is 25.9 Å². The maximum absolute atomic E-state index is 13.4. The Morgan fingerprint density at radius 1 is 1.32 bits per heavy atom. The highest BCUT2D eigenvalue weighted by molar-refractivity contribution is 7.22. The predicted octanol–water partition coefficient (Wildman–Crippen LogP) is 2.87. The molecule has 5 rings (SSSR count). The van der Waals surface area contributed by atoms with Gasteiger partial charge in [0.15, 0.2) is 5.13 Å². The van der Waals surface area contributed by atoms with Gasteiger partial charge in [0.25, 0.3) is 11.7 Å². The van der Waals surface area contributed by atoms with Gasteiger partial charge in [-0.3, -0.25) is 9.69 Å². The number of nitrogens with zero attached hydrogens (tertiary/aromatic N) is 6. The Morgan fingerprint density at radius 2 is 2.21 bits per heavy atom. The number of anilines is 1. The Balaban J connectivity index is 1.55. The molecule has 0 bridgehead atoms. The molecule has 4 aromatic rings. The Kier molecular flexibility index (Phi) is 4.25. The molecule has 9 heteroatoms. The van der Waals surface area contributed by atoms with Crippen LogP contribution in [0.5, 0.6) is 0 Å². The van der Waals surface area contributed by atoms with Crippen LogP contribution in [0.1, 0.15) is 29.2 Å². The molecular formula is C19H18N6O2S. The van der Waals surface area contributed by atoms with E-state index in [0.717, 1.165) is 35.4 Å². The van der Waals surface area contributed by atoms with E-state index in [1.165, 1.54) is 11.3 Å². The third-order valence-corrected chi connectivity index (χ3v) is 5.85. The van der Waals surface area contributed by atoms with E-state index < -0.39 is 0 Å². The molecule has 0 saturated carbocycles. The molecule has 0 spiro atoms. The number of aromatic nitrogens is 5. The first-order chi connectivity index (χ1) is 13.7. The zero-order chi connectivity index (χ0) is 19.1. The normalized spacial score (nSPS) is 16.8. The number of carbonyl (C=O) groups excluding carboxylic acids is 1. The van der Waals surface area contributed by atoms with Gasteiger partial charge in [-0.15, -0.1) is 5.10 Å². The lowest BCUT2D eigenvalue weighted by Crippen LogP contribution is -2.38. The summed E-state index contributed by atoms with van der Waals surface area (Å²) in [6, 6.07) is 9.68. The standard InChI is InChI=1S/C19H18N6O2S/c1-12-8-9-20-18-22-16(23-25(12)18)17(26)24(11-13-5-4-10-27-13)19-21-14-6-2-3-7-15(14)28-19/h2-3,6-9,13H,4-5,10-11H2,1H3. The fourth-order valence-corrected chi connectivity index (χ4v) is 4.31. The lowest BCUT2D eigenvalue weighted by atomic mass is 10.2. The van der Waals surface area contributed by atoms with Crippen LogP contribution in [0.4, 0.5) is 5.13 Å². The molecular weight excluding hydrogens is 376 g/mol. The summed E-state index contributed by atoms with van der Waals surface area (Å²) >= 11 is 1.48. The second kappa shape index (κ2) is 6.92. The molecule has 1 aromatic carbocycles. The lowest BCUT2D eigenvalue weighted by molar-refractivity contribution is 0.0909. The number of hydrogen-bond donors (Lipinski definition) is 0. The summed E-state index contributed by atoms with van der Waals surface area (Å²) in [7, 11) is 0. The summed E-state index contributed by atoms with van der Waals surface area (Å²) in [4.78, 5) is 28.2. The van der Waals surface area contributed by atoms with Crippen molar-refractivity contribution >= 4 is 38.4 Å². The van der Waals surface area contributed by atoms with Gasteiger partial charge in [-0.2, -0.15) is 4.98 Å². The van der Waals surface area contributed by atoms with Gasteiger partial charge in [0.2, 0.25) is 5.82 Å². The SMILES string of the molecule is Cc1ccnc2nc(C(=O)N(CC3CCCO3)c3nc4ccccc4s3)nn12. The smallest absolute Gasteiger partial charge is 0.299 e. The molecule has 8 nitrogen and oxygen atoms in total. The zero-order valence-electron chi connectivity index (χ0n) is 15.3. The second-order valence-electron chi connectivity index (χ2n) is 6.75. The van der Waals surface area contributed by atoms with E-state index in [1.807, 2.05) is 37.3 Å². The molecule has 1 atom stereocenters. The molecule has 142 valence electrons. The van der Waals surface area contributed by atoms with Crippen LogP contribution >= 0.6 is 11.3 Å². The number of fused-ring (bicyclic) bond motifs is 2. The first-order valence-corrected chi connectivity index (χ1v) is 9.98. The summed E-state index contributed by atoms with van der Waals surface area (Å²) < 4.78 is 8.38. The number of benzene rings is 1. The van der Waals surface area contributed by atoms with Crippen LogP contribution in [-0.2, 0) is 4.74 Å². The van der Waals surface area contributed by atoms with E-state index in [-0.39, 0.29) is 17.8 Å². The number of hydrogen-bond acceptors (Lipinski definition) is 7. The van der Waals surface area contributed by atoms with E-state index in [1.54, 1.807) is 15.6 Å². The summed E-state index contributed by atoms with van der Waals surface area (Å²) in [6.07, 6.45) is 3.58. The summed E-state index contributed by atoms with van der Waals surface area (Å²) in [5, 5.41) is 5.00. The topological polar surface area (TPSA) is 85.5 Å². The van der Waals surface area contributed by atoms with Crippen LogP contribution in [0.25, 0.3) is 16.0 Å². The van der Waals surface area contributed by atoms with Gasteiger partial charge in [0.1, 0.15) is 0 Å². The molecule has 28 heavy (non-hydrogen) atoms. The zero-order valence-corrected chi connectivity index (χ0v) is 16.1. The van der Waals surface area contributed by atoms with E-state index >= 15 is 0 Å². The van der Waals surface area contributed by atoms with Crippen molar-refractivity contribution in [1.29, 1.82) is 0 Å². The van der Waals surface area contributed by atoms with Crippen LogP contribution in [0.15, 0.2) is 36.5 Å². The Hall–Kier alpha value is -2.91. The quantitative estimate of drug-likeness (QED) is 0.529. The molecule has 3 aromatic heterocycles. The van der Waals surface area contributed by atoms with Crippen LogP contribution in [0, 0.1) is 6.92 Å². The molecule has 1 aliphatic rings. The van der Waals surface area contributed by atoms with Gasteiger partial charge >= 0.3 is 0 Å². The van der Waals surface area contributed by atoms with Crippen molar-refractivity contribution in [2.75, 3.05) is 18.1 Å². The summed E-state index contributed by atoms with van der Waals surface area (Å²) in [5.74, 6) is 0.225. The highest BCUT2D eigenvalue weighted by atomic mass is 32.1. The van der Waals surface area contributed by atoms with Crippen molar-refractivity contribution in [3.8, 4) is 0 Å². The van der Waals surface area contributed by atoms with Gasteiger partial charge in [0.05, 0.1) is 22.9 Å². The maximum atomic E-state index is 13.4. The number of rotatable bonds is 4. The minimum absolute atomic E-state index is 0.00662. The highest BCUT2D eigenvalue weighted by Gasteiger charge is 2.29. The van der Waals surface area contributed by atoms with Crippen LogP contribution in [0.2, 0.25) is 0 Å². The first kappa shape index (κ1) is 17.2. The van der Waals surface area contributed by atoms with Crippen molar-refractivity contribution in [2.24, 2.45) is 0 Å². The van der Waals surface area contributed by atoms with E-state index in [0.29, 0.717) is 17.5 Å². The van der Waals surface area contributed by atoms with E-state index in [4.69, 9.17) is 4.74 Å². The average Bonchev–Trinajstić information content (AvgIpc) is 3.44. The maximum Gasteiger partial charge on any atom is 0.299 e. The Labute approximate surface area is 164 Å². The summed E-state index contributed by atoms with van der Waals surface area (Å²) in [6.45, 7) is 3.05. The number of carbonyl (C=O) groups is 1. The minimum Gasteiger partial charge on any atom is -0.376 e. The van der Waals surface area contributed by atoms with Crippen molar-refractivity contribution in [3.63, 3.8) is 0 Å². The third-order valence-electron chi connectivity index (χ3n) is 4.79. The molecule has 1 aliphatic heterocycles. The molecule has 1 fully saturated rings. The molecule has 0 N–H and O–H groups in total. The summed E-state index contributed by atoms with van der Waals surface area (Å²) in [5.41, 5.74) is 1.73. The molecule has 1 saturated heterocycles. The number of para-hydroxylation sites is 1. The van der Waals surface area contributed by atoms with Gasteiger partial charge in [-0.25, -0.2) is 14.5 Å². The van der Waals surface area contributed by atoms with Crippen molar-refractivity contribution < 1.29 is 9.53 Å². The Bertz CT molecular complexity index is 1130. The van der Waals surface area contributed by atoms with E-state index in [2.05, 4.69) is 20.1 Å². The fraction of sp³-hybridized carbons (Fsp3) is 0.316. The number of thiazole rings is 1. The molecule has 0 radical (unpaired) electrons. The molecule has 1 amide bonds. The average molecular weight is 394 g/mol. The molecule has 0 aliphatic carbocycles. The van der Waals surface area contributed by atoms with Gasteiger partial charge in [-0.1, -0.05) is 23.5 Å². The van der Waals surface area contributed by atoms with Crippen LogP contribution in [0.3, 0.4) is 0 Å². The Morgan fingerprint density at radius 3 is 3.00 bits per heavy atom. The fourth-order valence-electron chi connectivity index (χ4n) is 3.33. The second-order valence-corrected chi connectivity index (χ2v) is 7.76. The molecule has 1 unspecified atom stereocenters. The number of ether oxygens (including phenoxy) is 1. The van der Waals surface area contributed by atoms with Crippen molar-refractivity contribution in [1.82, 2.24) is 24.6 Å². The molecule has 4 heterocycles. The van der Waals surface area contributed by atoms with Gasteiger partial charge < -0.3 is 4.74 Å².